The number of rotatable bonds is 1. The molecule has 0 bridgehead atoms. The summed E-state index contributed by atoms with van der Waals surface area (Å²) in [6.45, 7) is 3.72. The molecule has 0 atom stereocenters. The third kappa shape index (κ3) is 2.72. The minimum atomic E-state index is -4.42. The predicted molar refractivity (Wildman–Crippen MR) is 61.4 cm³/mol. The molecule has 0 spiro atoms. The molecule has 0 aliphatic heterocycles. The van der Waals surface area contributed by atoms with E-state index in [4.69, 9.17) is 0 Å². The van der Waals surface area contributed by atoms with Gasteiger partial charge >= 0.3 is 29.6 Å². The number of fused-ring (bicyclic) bond motifs is 1. The molecule has 0 fully saturated rings. The molecule has 0 aliphatic carbocycles. The Bertz CT molecular complexity index is 663. The van der Waals surface area contributed by atoms with Gasteiger partial charge in [-0.25, -0.2) is 8.42 Å². The van der Waals surface area contributed by atoms with E-state index in [1.165, 1.54) is 6.07 Å². The van der Waals surface area contributed by atoms with Crippen molar-refractivity contribution >= 4 is 20.9 Å². The zero-order chi connectivity index (χ0) is 11.9. The Morgan fingerprint density at radius 2 is 1.71 bits per heavy atom. The maximum Gasteiger partial charge on any atom is 1.00 e. The zero-order valence-electron chi connectivity index (χ0n) is 10.0. The SMILES string of the molecule is Cc1ccc2cccc(S(=O)(=O)[O-])c2c1C.[Na+]. The van der Waals surface area contributed by atoms with Crippen molar-refractivity contribution in [3.05, 3.63) is 41.5 Å². The molecule has 0 aromatic heterocycles. The molecule has 0 N–H and O–H groups in total. The Labute approximate surface area is 123 Å². The van der Waals surface area contributed by atoms with E-state index in [0.717, 1.165) is 16.5 Å². The number of hydrogen-bond acceptors (Lipinski definition) is 3. The van der Waals surface area contributed by atoms with Crippen LogP contribution in [-0.2, 0) is 10.1 Å². The summed E-state index contributed by atoms with van der Waals surface area (Å²) in [6, 6.07) is 8.49. The number of benzene rings is 2. The minimum Gasteiger partial charge on any atom is -0.744 e. The molecule has 0 saturated heterocycles. The summed E-state index contributed by atoms with van der Waals surface area (Å²) in [6.07, 6.45) is 0. The second-order valence-corrected chi connectivity index (χ2v) is 5.16. The molecule has 0 saturated carbocycles. The van der Waals surface area contributed by atoms with Gasteiger partial charge in [-0.15, -0.1) is 0 Å². The van der Waals surface area contributed by atoms with E-state index < -0.39 is 10.1 Å². The topological polar surface area (TPSA) is 57.2 Å². The Morgan fingerprint density at radius 3 is 2.29 bits per heavy atom. The fourth-order valence-electron chi connectivity index (χ4n) is 1.83. The van der Waals surface area contributed by atoms with Gasteiger partial charge in [-0.1, -0.05) is 24.3 Å². The molecule has 5 heteroatoms. The van der Waals surface area contributed by atoms with E-state index in [9.17, 15) is 13.0 Å². The van der Waals surface area contributed by atoms with Crippen molar-refractivity contribution in [1.82, 2.24) is 0 Å². The quantitative estimate of drug-likeness (QED) is 0.505. The third-order valence-corrected chi connectivity index (χ3v) is 3.69. The summed E-state index contributed by atoms with van der Waals surface area (Å²) in [7, 11) is -4.42. The second kappa shape index (κ2) is 5.08. The Hall–Kier alpha value is -0.390. The summed E-state index contributed by atoms with van der Waals surface area (Å²) < 4.78 is 33.5. The summed E-state index contributed by atoms with van der Waals surface area (Å²) in [5.41, 5.74) is 1.82. The van der Waals surface area contributed by atoms with Crippen LogP contribution in [0.2, 0.25) is 0 Å². The van der Waals surface area contributed by atoms with Crippen LogP contribution in [0.15, 0.2) is 35.2 Å². The van der Waals surface area contributed by atoms with Crippen LogP contribution >= 0.6 is 0 Å². The molecular weight excluding hydrogens is 247 g/mol. The summed E-state index contributed by atoms with van der Waals surface area (Å²) in [5.74, 6) is 0. The molecule has 2 aromatic carbocycles. The van der Waals surface area contributed by atoms with Gasteiger partial charge in [0.15, 0.2) is 0 Å². The van der Waals surface area contributed by atoms with Crippen LogP contribution < -0.4 is 29.6 Å². The van der Waals surface area contributed by atoms with Gasteiger partial charge in [0.25, 0.3) is 0 Å². The molecule has 0 unspecified atom stereocenters. The second-order valence-electron chi connectivity index (χ2n) is 3.82. The van der Waals surface area contributed by atoms with Crippen molar-refractivity contribution in [1.29, 1.82) is 0 Å². The van der Waals surface area contributed by atoms with Crippen molar-refractivity contribution < 1.29 is 42.5 Å². The van der Waals surface area contributed by atoms with Gasteiger partial charge in [0.1, 0.15) is 10.1 Å². The van der Waals surface area contributed by atoms with Crippen LogP contribution in [0.4, 0.5) is 0 Å². The predicted octanol–water partition coefficient (Wildman–Crippen LogP) is -0.635. The van der Waals surface area contributed by atoms with E-state index in [1.807, 2.05) is 26.0 Å². The average molecular weight is 258 g/mol. The van der Waals surface area contributed by atoms with Crippen molar-refractivity contribution in [3.8, 4) is 0 Å². The number of aryl methyl sites for hydroxylation is 2. The summed E-state index contributed by atoms with van der Waals surface area (Å²) in [5, 5.41) is 1.32. The van der Waals surface area contributed by atoms with Crippen molar-refractivity contribution in [3.63, 3.8) is 0 Å². The van der Waals surface area contributed by atoms with Crippen LogP contribution in [-0.4, -0.2) is 13.0 Å². The fourth-order valence-corrected chi connectivity index (χ4v) is 2.60. The zero-order valence-corrected chi connectivity index (χ0v) is 12.8. The largest absolute Gasteiger partial charge is 1.00 e. The first-order chi connectivity index (χ1) is 7.41. The molecule has 2 rings (SSSR count). The van der Waals surface area contributed by atoms with Crippen LogP contribution in [0.25, 0.3) is 10.8 Å². The minimum absolute atomic E-state index is 0. The van der Waals surface area contributed by atoms with Gasteiger partial charge in [0, 0.05) is 5.39 Å². The van der Waals surface area contributed by atoms with Crippen LogP contribution in [0.3, 0.4) is 0 Å². The fraction of sp³-hybridized carbons (Fsp3) is 0.167. The third-order valence-electron chi connectivity index (χ3n) is 2.81. The molecule has 0 aliphatic rings. The van der Waals surface area contributed by atoms with Crippen molar-refractivity contribution in [2.24, 2.45) is 0 Å². The summed E-state index contributed by atoms with van der Waals surface area (Å²) in [4.78, 5) is -0.133. The first-order valence-electron chi connectivity index (χ1n) is 4.86. The van der Waals surface area contributed by atoms with Crippen LogP contribution in [0, 0.1) is 13.8 Å². The van der Waals surface area contributed by atoms with Gasteiger partial charge in [0.05, 0.1) is 4.90 Å². The summed E-state index contributed by atoms with van der Waals surface area (Å²) >= 11 is 0. The maximum absolute atomic E-state index is 11.2. The van der Waals surface area contributed by atoms with E-state index in [2.05, 4.69) is 0 Å². The standard InChI is InChI=1S/C12H12O3S.Na/c1-8-6-7-10-4-3-5-11(16(13,14)15)12(10)9(8)2;/h3-7H,1-2H3,(H,13,14,15);/q;+1/p-1. The molecule has 0 amide bonds. The first kappa shape index (κ1) is 14.7. The van der Waals surface area contributed by atoms with E-state index in [0.29, 0.717) is 5.39 Å². The van der Waals surface area contributed by atoms with E-state index in [-0.39, 0.29) is 34.5 Å². The van der Waals surface area contributed by atoms with Crippen molar-refractivity contribution in [2.45, 2.75) is 18.7 Å². The smallest absolute Gasteiger partial charge is 0.744 e. The molecule has 84 valence electrons. The van der Waals surface area contributed by atoms with Gasteiger partial charge in [-0.3, -0.25) is 0 Å². The Balaban J connectivity index is 0.00000144. The molecule has 0 radical (unpaired) electrons. The van der Waals surface area contributed by atoms with E-state index in [1.54, 1.807) is 12.1 Å². The molecule has 17 heavy (non-hydrogen) atoms. The van der Waals surface area contributed by atoms with Gasteiger partial charge in [0.2, 0.25) is 0 Å². The first-order valence-corrected chi connectivity index (χ1v) is 6.27. The molecular formula is C12H11NaO3S. The average Bonchev–Trinajstić information content (AvgIpc) is 2.21. The Morgan fingerprint density at radius 1 is 1.06 bits per heavy atom. The van der Waals surface area contributed by atoms with Crippen LogP contribution in [0.1, 0.15) is 11.1 Å². The maximum atomic E-state index is 11.2. The van der Waals surface area contributed by atoms with Gasteiger partial charge in [-0.2, -0.15) is 0 Å². The van der Waals surface area contributed by atoms with Gasteiger partial charge < -0.3 is 4.55 Å². The van der Waals surface area contributed by atoms with E-state index >= 15 is 0 Å². The molecule has 2 aromatic rings. The monoisotopic (exact) mass is 258 g/mol. The normalized spacial score (nSPS) is 11.2. The van der Waals surface area contributed by atoms with Gasteiger partial charge in [-0.05, 0) is 36.4 Å². The Kier molecular flexibility index (Phi) is 4.38. The number of hydrogen-bond donors (Lipinski definition) is 0. The molecule has 3 nitrogen and oxygen atoms in total. The molecule has 0 heterocycles. The van der Waals surface area contributed by atoms with Crippen molar-refractivity contribution in [2.75, 3.05) is 0 Å². The van der Waals surface area contributed by atoms with Crippen LogP contribution in [0.5, 0.6) is 0 Å².